The average Bonchev–Trinajstić information content (AvgIpc) is 2.62. The maximum absolute atomic E-state index is 12.6. The minimum atomic E-state index is 0.178. The first-order valence-corrected chi connectivity index (χ1v) is 8.88. The third kappa shape index (κ3) is 3.45. The molecule has 1 amide bonds. The van der Waals surface area contributed by atoms with Gasteiger partial charge in [0.05, 0.1) is 0 Å². The monoisotopic (exact) mass is 300 g/mol. The molecular weight excluding hydrogens is 272 g/mol. The number of hydrogen-bond donors (Lipinski definition) is 0. The smallest absolute Gasteiger partial charge is 0.253 e. The zero-order valence-electron chi connectivity index (χ0n) is 13.8. The summed E-state index contributed by atoms with van der Waals surface area (Å²) < 4.78 is 0. The fourth-order valence-electron chi connectivity index (χ4n) is 3.80. The van der Waals surface area contributed by atoms with Gasteiger partial charge in [-0.15, -0.1) is 0 Å². The van der Waals surface area contributed by atoms with Crippen molar-refractivity contribution in [3.63, 3.8) is 0 Å². The van der Waals surface area contributed by atoms with E-state index in [0.29, 0.717) is 6.04 Å². The molecule has 1 aromatic rings. The number of benzene rings is 1. The summed E-state index contributed by atoms with van der Waals surface area (Å²) in [5, 5.41) is 0. The van der Waals surface area contributed by atoms with E-state index >= 15 is 0 Å². The number of anilines is 1. The Bertz CT molecular complexity index is 485. The van der Waals surface area contributed by atoms with Gasteiger partial charge in [-0.3, -0.25) is 4.79 Å². The number of carbonyl (C=O) groups excluding carboxylic acids is 1. The van der Waals surface area contributed by atoms with Crippen molar-refractivity contribution in [2.24, 2.45) is 0 Å². The number of amides is 1. The Morgan fingerprint density at radius 2 is 1.55 bits per heavy atom. The molecule has 0 spiro atoms. The number of piperidine rings is 1. The molecule has 3 rings (SSSR count). The number of hydrogen-bond acceptors (Lipinski definition) is 2. The van der Waals surface area contributed by atoms with Gasteiger partial charge in [0.15, 0.2) is 0 Å². The highest BCUT2D eigenvalue weighted by Crippen LogP contribution is 2.24. The van der Waals surface area contributed by atoms with Crippen LogP contribution in [0.2, 0.25) is 0 Å². The van der Waals surface area contributed by atoms with Gasteiger partial charge < -0.3 is 9.80 Å². The Morgan fingerprint density at radius 3 is 2.18 bits per heavy atom. The fraction of sp³-hybridized carbons (Fsp3) is 0.632. The number of rotatable bonds is 3. The highest BCUT2D eigenvalue weighted by molar-refractivity contribution is 5.94. The molecule has 2 fully saturated rings. The molecule has 0 bridgehead atoms. The molecule has 1 aliphatic heterocycles. The van der Waals surface area contributed by atoms with Gasteiger partial charge in [-0.05, 0) is 56.4 Å². The summed E-state index contributed by atoms with van der Waals surface area (Å²) in [6, 6.07) is 8.68. The molecule has 0 N–H and O–H groups in total. The lowest BCUT2D eigenvalue weighted by molar-refractivity contribution is 0.0696. The summed E-state index contributed by atoms with van der Waals surface area (Å²) >= 11 is 0. The molecule has 1 saturated heterocycles. The van der Waals surface area contributed by atoms with Gasteiger partial charge in [-0.25, -0.2) is 0 Å². The average molecular weight is 300 g/mol. The van der Waals surface area contributed by atoms with Crippen molar-refractivity contribution >= 4 is 11.6 Å². The second kappa shape index (κ2) is 7.17. The third-order valence-electron chi connectivity index (χ3n) is 5.28. The van der Waals surface area contributed by atoms with Crippen molar-refractivity contribution in [3.05, 3.63) is 29.8 Å². The minimum Gasteiger partial charge on any atom is -0.372 e. The molecule has 120 valence electrons. The van der Waals surface area contributed by atoms with E-state index in [1.54, 1.807) is 0 Å². The van der Waals surface area contributed by atoms with Crippen LogP contribution in [-0.4, -0.2) is 37.0 Å². The lowest BCUT2D eigenvalue weighted by atomic mass is 9.94. The van der Waals surface area contributed by atoms with Crippen LogP contribution >= 0.6 is 0 Å². The van der Waals surface area contributed by atoms with Crippen molar-refractivity contribution in [1.29, 1.82) is 0 Å². The molecule has 1 heterocycles. The van der Waals surface area contributed by atoms with Crippen molar-refractivity contribution in [3.8, 4) is 0 Å². The van der Waals surface area contributed by atoms with Gasteiger partial charge in [0.25, 0.3) is 5.91 Å². The molecule has 1 aromatic carbocycles. The molecule has 1 saturated carbocycles. The Labute approximate surface area is 134 Å². The van der Waals surface area contributed by atoms with E-state index in [1.807, 2.05) is 24.1 Å². The quantitative estimate of drug-likeness (QED) is 0.839. The summed E-state index contributed by atoms with van der Waals surface area (Å²) in [4.78, 5) is 17.0. The SMILES string of the molecule is CN(C(=O)c1ccc(N2CCCCC2)cc1)C1CCCCC1. The molecule has 22 heavy (non-hydrogen) atoms. The molecule has 0 unspecified atom stereocenters. The molecule has 0 radical (unpaired) electrons. The van der Waals surface area contributed by atoms with Crippen molar-refractivity contribution in [1.82, 2.24) is 4.90 Å². The van der Waals surface area contributed by atoms with Crippen LogP contribution in [0.1, 0.15) is 61.7 Å². The van der Waals surface area contributed by atoms with Crippen LogP contribution in [-0.2, 0) is 0 Å². The lowest BCUT2D eigenvalue weighted by Crippen LogP contribution is -2.38. The Kier molecular flexibility index (Phi) is 5.01. The van der Waals surface area contributed by atoms with Crippen LogP contribution in [0.3, 0.4) is 0 Å². The predicted molar refractivity (Wildman–Crippen MR) is 91.5 cm³/mol. The summed E-state index contributed by atoms with van der Waals surface area (Å²) in [6.45, 7) is 2.30. The highest BCUT2D eigenvalue weighted by Gasteiger charge is 2.23. The van der Waals surface area contributed by atoms with Crippen LogP contribution in [0, 0.1) is 0 Å². The fourth-order valence-corrected chi connectivity index (χ4v) is 3.80. The number of nitrogens with zero attached hydrogens (tertiary/aromatic N) is 2. The Balaban J connectivity index is 1.64. The molecule has 0 aromatic heterocycles. The van der Waals surface area contributed by atoms with Crippen LogP contribution < -0.4 is 4.90 Å². The van der Waals surface area contributed by atoms with E-state index in [9.17, 15) is 4.79 Å². The van der Waals surface area contributed by atoms with Gasteiger partial charge in [-0.1, -0.05) is 19.3 Å². The first-order valence-electron chi connectivity index (χ1n) is 8.88. The zero-order chi connectivity index (χ0) is 15.4. The summed E-state index contributed by atoms with van der Waals surface area (Å²) in [7, 11) is 1.97. The van der Waals surface area contributed by atoms with E-state index in [1.165, 1.54) is 44.2 Å². The molecular formula is C19H28N2O. The predicted octanol–water partition coefficient (Wildman–Crippen LogP) is 4.08. The first-order chi connectivity index (χ1) is 10.8. The Morgan fingerprint density at radius 1 is 0.955 bits per heavy atom. The van der Waals surface area contributed by atoms with Gasteiger partial charge >= 0.3 is 0 Å². The van der Waals surface area contributed by atoms with Crippen molar-refractivity contribution in [2.45, 2.75) is 57.4 Å². The summed E-state index contributed by atoms with van der Waals surface area (Å²) in [5.41, 5.74) is 2.09. The van der Waals surface area contributed by atoms with E-state index < -0.39 is 0 Å². The molecule has 0 atom stereocenters. The number of carbonyl (C=O) groups is 1. The van der Waals surface area contributed by atoms with Crippen LogP contribution in [0.5, 0.6) is 0 Å². The van der Waals surface area contributed by atoms with Gasteiger partial charge in [-0.2, -0.15) is 0 Å². The third-order valence-corrected chi connectivity index (χ3v) is 5.28. The van der Waals surface area contributed by atoms with Crippen LogP contribution in [0.4, 0.5) is 5.69 Å². The molecule has 2 aliphatic rings. The van der Waals surface area contributed by atoms with Crippen molar-refractivity contribution < 1.29 is 4.79 Å². The largest absolute Gasteiger partial charge is 0.372 e. The topological polar surface area (TPSA) is 23.6 Å². The second-order valence-electron chi connectivity index (χ2n) is 6.80. The van der Waals surface area contributed by atoms with E-state index in [0.717, 1.165) is 31.5 Å². The maximum Gasteiger partial charge on any atom is 0.253 e. The first kappa shape index (κ1) is 15.4. The Hall–Kier alpha value is -1.51. The van der Waals surface area contributed by atoms with Gasteiger partial charge in [0, 0.05) is 37.4 Å². The summed E-state index contributed by atoms with van der Waals surface area (Å²) in [5.74, 6) is 0.178. The van der Waals surface area contributed by atoms with E-state index in [2.05, 4.69) is 17.0 Å². The standard InChI is InChI=1S/C19H28N2O/c1-20(17-8-4-2-5-9-17)19(22)16-10-12-18(13-11-16)21-14-6-3-7-15-21/h10-13,17H,2-9,14-15H2,1H3. The van der Waals surface area contributed by atoms with Crippen molar-refractivity contribution in [2.75, 3.05) is 25.0 Å². The van der Waals surface area contributed by atoms with Gasteiger partial charge in [0.1, 0.15) is 0 Å². The second-order valence-corrected chi connectivity index (χ2v) is 6.80. The lowest BCUT2D eigenvalue weighted by Gasteiger charge is -2.31. The maximum atomic E-state index is 12.6. The van der Waals surface area contributed by atoms with E-state index in [4.69, 9.17) is 0 Å². The van der Waals surface area contributed by atoms with E-state index in [-0.39, 0.29) is 5.91 Å². The highest BCUT2D eigenvalue weighted by atomic mass is 16.2. The normalized spacial score (nSPS) is 20.0. The van der Waals surface area contributed by atoms with Crippen LogP contribution in [0.15, 0.2) is 24.3 Å². The summed E-state index contributed by atoms with van der Waals surface area (Å²) in [6.07, 6.45) is 10.1. The molecule has 3 heteroatoms. The minimum absolute atomic E-state index is 0.178. The van der Waals surface area contributed by atoms with Crippen LogP contribution in [0.25, 0.3) is 0 Å². The van der Waals surface area contributed by atoms with Gasteiger partial charge in [0.2, 0.25) is 0 Å². The molecule has 3 nitrogen and oxygen atoms in total. The molecule has 1 aliphatic carbocycles. The zero-order valence-corrected chi connectivity index (χ0v) is 13.8.